The number of carbonyl (C=O) groups is 1. The SMILES string of the molecule is O=C1CC(CS(=O)(=O)F)CN1c1cc(F)c(F)cc1[N+](=O)[O-]. The Kier molecular flexibility index (Phi) is 4.09. The van der Waals surface area contributed by atoms with Crippen LogP contribution in [0.5, 0.6) is 0 Å². The normalized spacial score (nSPS) is 18.8. The van der Waals surface area contributed by atoms with Gasteiger partial charge in [0.1, 0.15) is 5.69 Å². The van der Waals surface area contributed by atoms with Gasteiger partial charge < -0.3 is 4.90 Å². The van der Waals surface area contributed by atoms with Gasteiger partial charge in [-0.1, -0.05) is 0 Å². The van der Waals surface area contributed by atoms with Gasteiger partial charge in [-0.3, -0.25) is 14.9 Å². The van der Waals surface area contributed by atoms with Crippen LogP contribution < -0.4 is 4.90 Å². The maximum Gasteiger partial charge on any atom is 0.302 e. The summed E-state index contributed by atoms with van der Waals surface area (Å²) in [7, 11) is -4.82. The summed E-state index contributed by atoms with van der Waals surface area (Å²) < 4.78 is 60.2. The molecule has 0 radical (unpaired) electrons. The van der Waals surface area contributed by atoms with Gasteiger partial charge in [0.05, 0.1) is 16.7 Å². The number of carbonyl (C=O) groups excluding carboxylic acids is 1. The van der Waals surface area contributed by atoms with Crippen molar-refractivity contribution >= 4 is 27.5 Å². The molecule has 1 aromatic rings. The minimum absolute atomic E-state index is 0.331. The third-order valence-electron chi connectivity index (χ3n) is 3.14. The fraction of sp³-hybridized carbons (Fsp3) is 0.364. The van der Waals surface area contributed by atoms with Crippen LogP contribution in [-0.4, -0.2) is 31.5 Å². The largest absolute Gasteiger partial charge is 0.306 e. The first kappa shape index (κ1) is 16.2. The second kappa shape index (κ2) is 5.55. The minimum Gasteiger partial charge on any atom is -0.306 e. The van der Waals surface area contributed by atoms with E-state index in [9.17, 15) is 36.0 Å². The van der Waals surface area contributed by atoms with Crippen LogP contribution in [-0.2, 0) is 15.0 Å². The van der Waals surface area contributed by atoms with Crippen LogP contribution in [0.25, 0.3) is 0 Å². The molecule has 1 heterocycles. The van der Waals surface area contributed by atoms with Gasteiger partial charge in [-0.25, -0.2) is 8.78 Å². The summed E-state index contributed by atoms with van der Waals surface area (Å²) in [6.45, 7) is -0.339. The average molecular weight is 338 g/mol. The number of benzene rings is 1. The number of nitro benzene ring substituents is 1. The monoisotopic (exact) mass is 338 g/mol. The molecular formula is C11H9F3N2O5S. The molecule has 0 N–H and O–H groups in total. The summed E-state index contributed by atoms with van der Waals surface area (Å²) in [6, 6.07) is 0.814. The number of nitrogens with zero attached hydrogens (tertiary/aromatic N) is 2. The second-order valence-electron chi connectivity index (χ2n) is 4.79. The molecule has 0 bridgehead atoms. The van der Waals surface area contributed by atoms with Crippen molar-refractivity contribution in [3.05, 3.63) is 33.9 Å². The molecular weight excluding hydrogens is 329 g/mol. The molecule has 120 valence electrons. The third-order valence-corrected chi connectivity index (χ3v) is 4.01. The molecule has 11 heteroatoms. The third kappa shape index (κ3) is 3.35. The van der Waals surface area contributed by atoms with E-state index in [1.165, 1.54) is 0 Å². The Labute approximate surface area is 122 Å². The Balaban J connectivity index is 2.38. The maximum absolute atomic E-state index is 13.3. The standard InChI is InChI=1S/C11H9F3N2O5S/c12-7-2-9(10(16(18)19)3-8(7)13)15-4-6(1-11(15)17)5-22(14,20)21/h2-3,6H,1,4-5H2. The molecule has 22 heavy (non-hydrogen) atoms. The van der Waals surface area contributed by atoms with E-state index in [0.29, 0.717) is 12.1 Å². The van der Waals surface area contributed by atoms with Crippen molar-refractivity contribution in [3.8, 4) is 0 Å². The molecule has 1 aromatic carbocycles. The number of nitro groups is 1. The summed E-state index contributed by atoms with van der Waals surface area (Å²) in [5.41, 5.74) is -1.33. The molecule has 0 aliphatic carbocycles. The molecule has 0 spiro atoms. The van der Waals surface area contributed by atoms with E-state index in [2.05, 4.69) is 0 Å². The zero-order valence-electron chi connectivity index (χ0n) is 10.8. The molecule has 0 saturated carbocycles. The Morgan fingerprint density at radius 3 is 2.45 bits per heavy atom. The quantitative estimate of drug-likeness (QED) is 0.471. The van der Waals surface area contributed by atoms with Gasteiger partial charge >= 0.3 is 10.2 Å². The highest BCUT2D eigenvalue weighted by Gasteiger charge is 2.37. The van der Waals surface area contributed by atoms with Crippen molar-refractivity contribution in [1.29, 1.82) is 0 Å². The molecule has 1 aliphatic rings. The van der Waals surface area contributed by atoms with Crippen LogP contribution in [0.2, 0.25) is 0 Å². The first-order valence-corrected chi connectivity index (χ1v) is 7.50. The fourth-order valence-corrected chi connectivity index (χ4v) is 3.08. The zero-order valence-corrected chi connectivity index (χ0v) is 11.6. The summed E-state index contributed by atoms with van der Waals surface area (Å²) in [6.07, 6.45) is -0.362. The number of rotatable bonds is 4. The summed E-state index contributed by atoms with van der Waals surface area (Å²) in [5.74, 6) is -5.43. The van der Waals surface area contributed by atoms with Crippen molar-refractivity contribution in [2.45, 2.75) is 6.42 Å². The van der Waals surface area contributed by atoms with E-state index in [4.69, 9.17) is 0 Å². The van der Waals surface area contributed by atoms with Crippen molar-refractivity contribution in [1.82, 2.24) is 0 Å². The van der Waals surface area contributed by atoms with Crippen LogP contribution >= 0.6 is 0 Å². The Bertz CT molecular complexity index is 752. The predicted molar refractivity (Wildman–Crippen MR) is 68.4 cm³/mol. The smallest absolute Gasteiger partial charge is 0.302 e. The molecule has 1 amide bonds. The first-order valence-electron chi connectivity index (χ1n) is 5.94. The second-order valence-corrected chi connectivity index (χ2v) is 6.20. The summed E-state index contributed by atoms with van der Waals surface area (Å²) in [5, 5.41) is 10.9. The highest BCUT2D eigenvalue weighted by atomic mass is 32.3. The lowest BCUT2D eigenvalue weighted by Gasteiger charge is -2.16. The van der Waals surface area contributed by atoms with Gasteiger partial charge in [-0.15, -0.1) is 3.89 Å². The van der Waals surface area contributed by atoms with E-state index in [-0.39, 0.29) is 13.0 Å². The number of amides is 1. The fourth-order valence-electron chi connectivity index (χ4n) is 2.30. The van der Waals surface area contributed by atoms with E-state index >= 15 is 0 Å². The van der Waals surface area contributed by atoms with E-state index in [1.807, 2.05) is 0 Å². The van der Waals surface area contributed by atoms with Crippen LogP contribution in [0, 0.1) is 27.7 Å². The van der Waals surface area contributed by atoms with Gasteiger partial charge in [0.2, 0.25) is 5.91 Å². The molecule has 1 fully saturated rings. The molecule has 1 aliphatic heterocycles. The molecule has 1 atom stereocenters. The van der Waals surface area contributed by atoms with Crippen LogP contribution in [0.1, 0.15) is 6.42 Å². The molecule has 0 aromatic heterocycles. The van der Waals surface area contributed by atoms with Crippen molar-refractivity contribution in [2.75, 3.05) is 17.2 Å². The van der Waals surface area contributed by atoms with Gasteiger partial charge in [0, 0.05) is 24.9 Å². The molecule has 2 rings (SSSR count). The summed E-state index contributed by atoms with van der Waals surface area (Å²) in [4.78, 5) is 22.5. The van der Waals surface area contributed by atoms with E-state index in [0.717, 1.165) is 4.90 Å². The average Bonchev–Trinajstić information content (AvgIpc) is 2.70. The number of hydrogen-bond donors (Lipinski definition) is 0. The van der Waals surface area contributed by atoms with Gasteiger partial charge in [0.15, 0.2) is 11.6 Å². The lowest BCUT2D eigenvalue weighted by molar-refractivity contribution is -0.384. The first-order chi connectivity index (χ1) is 10.1. The Morgan fingerprint density at radius 2 is 1.91 bits per heavy atom. The van der Waals surface area contributed by atoms with Gasteiger partial charge in [0.25, 0.3) is 5.69 Å². The van der Waals surface area contributed by atoms with Crippen LogP contribution in [0.4, 0.5) is 24.0 Å². The van der Waals surface area contributed by atoms with Crippen LogP contribution in [0.3, 0.4) is 0 Å². The molecule has 1 saturated heterocycles. The number of anilines is 1. The minimum atomic E-state index is -4.82. The Hall–Kier alpha value is -2.17. The van der Waals surface area contributed by atoms with E-state index in [1.54, 1.807) is 0 Å². The van der Waals surface area contributed by atoms with Crippen molar-refractivity contribution in [2.24, 2.45) is 5.92 Å². The Morgan fingerprint density at radius 1 is 1.32 bits per heavy atom. The lowest BCUT2D eigenvalue weighted by atomic mass is 10.1. The zero-order chi connectivity index (χ0) is 16.7. The topological polar surface area (TPSA) is 97.6 Å². The van der Waals surface area contributed by atoms with Crippen LogP contribution in [0.15, 0.2) is 12.1 Å². The predicted octanol–water partition coefficient (Wildman–Crippen LogP) is 1.53. The number of hydrogen-bond acceptors (Lipinski definition) is 5. The molecule has 1 unspecified atom stereocenters. The highest BCUT2D eigenvalue weighted by Crippen LogP contribution is 2.35. The number of halogens is 3. The van der Waals surface area contributed by atoms with E-state index < -0.39 is 55.7 Å². The van der Waals surface area contributed by atoms with Crippen molar-refractivity contribution < 1.29 is 30.8 Å². The highest BCUT2D eigenvalue weighted by molar-refractivity contribution is 7.86. The lowest BCUT2D eigenvalue weighted by Crippen LogP contribution is -2.26. The van der Waals surface area contributed by atoms with Crippen molar-refractivity contribution in [3.63, 3.8) is 0 Å². The molecule has 7 nitrogen and oxygen atoms in total. The summed E-state index contributed by atoms with van der Waals surface area (Å²) >= 11 is 0. The van der Waals surface area contributed by atoms with Gasteiger partial charge in [-0.05, 0) is 0 Å². The van der Waals surface area contributed by atoms with Gasteiger partial charge in [-0.2, -0.15) is 8.42 Å². The maximum atomic E-state index is 13.3.